The third-order valence-electron chi connectivity index (χ3n) is 6.02. The lowest BCUT2D eigenvalue weighted by Crippen LogP contribution is -2.14. The van der Waals surface area contributed by atoms with Crippen molar-refractivity contribution in [1.82, 2.24) is 0 Å². The summed E-state index contributed by atoms with van der Waals surface area (Å²) in [7, 11) is 0. The second-order valence-corrected chi connectivity index (χ2v) is 7.06. The summed E-state index contributed by atoms with van der Waals surface area (Å²) in [5.74, 6) is 0.827. The first-order valence-corrected chi connectivity index (χ1v) is 8.31. The zero-order valence-electron chi connectivity index (χ0n) is 13.6. The molecule has 0 saturated heterocycles. The van der Waals surface area contributed by atoms with Crippen LogP contribution >= 0.6 is 0 Å². The van der Waals surface area contributed by atoms with Crippen LogP contribution in [0.2, 0.25) is 0 Å². The van der Waals surface area contributed by atoms with Crippen molar-refractivity contribution < 1.29 is 0 Å². The van der Waals surface area contributed by atoms with Gasteiger partial charge in [0, 0.05) is 0 Å². The van der Waals surface area contributed by atoms with Crippen molar-refractivity contribution in [2.75, 3.05) is 0 Å². The van der Waals surface area contributed by atoms with Crippen molar-refractivity contribution in [2.45, 2.75) is 59.3 Å². The van der Waals surface area contributed by atoms with Gasteiger partial charge in [0.1, 0.15) is 0 Å². The maximum absolute atomic E-state index is 2.35. The van der Waals surface area contributed by atoms with Crippen molar-refractivity contribution >= 4 is 0 Å². The minimum Gasteiger partial charge on any atom is -0.0617 e. The zero-order valence-corrected chi connectivity index (χ0v) is 13.6. The standard InChI is InChI=1S/C21H24/c1-12-7-5-10-17-11-18-20(16-8-6-9-16)14(3)13(2)15(4)21(18)19(12)17/h5,7,10,16H,6,8-9,11H2,1-4H3. The van der Waals surface area contributed by atoms with Gasteiger partial charge in [-0.1, -0.05) is 24.6 Å². The van der Waals surface area contributed by atoms with E-state index >= 15 is 0 Å². The quantitative estimate of drug-likeness (QED) is 0.530. The summed E-state index contributed by atoms with van der Waals surface area (Å²) in [6, 6.07) is 6.82. The third-order valence-corrected chi connectivity index (χ3v) is 6.02. The van der Waals surface area contributed by atoms with Gasteiger partial charge in [-0.05, 0) is 103 Å². The summed E-state index contributed by atoms with van der Waals surface area (Å²) in [5, 5.41) is 0. The molecule has 0 N–H and O–H groups in total. The lowest BCUT2D eigenvalue weighted by Gasteiger charge is -2.31. The van der Waals surface area contributed by atoms with E-state index in [0.29, 0.717) is 0 Å². The van der Waals surface area contributed by atoms with Gasteiger partial charge >= 0.3 is 0 Å². The van der Waals surface area contributed by atoms with Gasteiger partial charge in [0.25, 0.3) is 0 Å². The number of hydrogen-bond donors (Lipinski definition) is 0. The van der Waals surface area contributed by atoms with Gasteiger partial charge in [0.15, 0.2) is 0 Å². The highest BCUT2D eigenvalue weighted by atomic mass is 14.4. The van der Waals surface area contributed by atoms with E-state index in [1.165, 1.54) is 41.5 Å². The zero-order chi connectivity index (χ0) is 14.7. The Kier molecular flexibility index (Phi) is 2.79. The Balaban J connectivity index is 2.06. The van der Waals surface area contributed by atoms with Crippen LogP contribution in [0.5, 0.6) is 0 Å². The van der Waals surface area contributed by atoms with E-state index in [4.69, 9.17) is 0 Å². The van der Waals surface area contributed by atoms with E-state index in [0.717, 1.165) is 12.3 Å². The predicted molar refractivity (Wildman–Crippen MR) is 90.2 cm³/mol. The first kappa shape index (κ1) is 13.1. The Bertz CT molecular complexity index is 745. The maximum Gasteiger partial charge on any atom is -0.00103 e. The molecule has 1 saturated carbocycles. The van der Waals surface area contributed by atoms with Gasteiger partial charge in [0.05, 0.1) is 0 Å². The van der Waals surface area contributed by atoms with Crippen LogP contribution < -0.4 is 0 Å². The SMILES string of the molecule is Cc1cccc2c1-c1c(C)c(C)c(C)c(C3CCC3)c1C2. The fourth-order valence-corrected chi connectivity index (χ4v) is 4.45. The van der Waals surface area contributed by atoms with Crippen LogP contribution in [0, 0.1) is 27.7 Å². The summed E-state index contributed by atoms with van der Waals surface area (Å²) >= 11 is 0. The summed E-state index contributed by atoms with van der Waals surface area (Å²) < 4.78 is 0. The molecule has 0 heterocycles. The van der Waals surface area contributed by atoms with Crippen molar-refractivity contribution in [1.29, 1.82) is 0 Å². The number of aryl methyl sites for hydroxylation is 1. The Morgan fingerprint density at radius 1 is 0.857 bits per heavy atom. The molecule has 0 aliphatic heterocycles. The van der Waals surface area contributed by atoms with E-state index in [-0.39, 0.29) is 0 Å². The molecule has 1 fully saturated rings. The Hall–Kier alpha value is -1.56. The van der Waals surface area contributed by atoms with Crippen molar-refractivity contribution in [3.8, 4) is 11.1 Å². The summed E-state index contributed by atoms with van der Waals surface area (Å²) in [6.45, 7) is 9.27. The minimum atomic E-state index is 0.827. The molecule has 2 aliphatic rings. The van der Waals surface area contributed by atoms with Gasteiger partial charge in [-0.25, -0.2) is 0 Å². The summed E-state index contributed by atoms with van der Waals surface area (Å²) in [5.41, 5.74) is 14.1. The van der Waals surface area contributed by atoms with Crippen LogP contribution in [0.25, 0.3) is 11.1 Å². The van der Waals surface area contributed by atoms with Gasteiger partial charge < -0.3 is 0 Å². The van der Waals surface area contributed by atoms with E-state index in [1.54, 1.807) is 27.8 Å². The molecule has 0 atom stereocenters. The maximum atomic E-state index is 2.35. The van der Waals surface area contributed by atoms with Crippen molar-refractivity contribution in [3.05, 3.63) is 57.1 Å². The summed E-state index contributed by atoms with van der Waals surface area (Å²) in [4.78, 5) is 0. The molecular formula is C21H24. The van der Waals surface area contributed by atoms with Crippen molar-refractivity contribution in [2.24, 2.45) is 0 Å². The van der Waals surface area contributed by atoms with Gasteiger partial charge in [-0.15, -0.1) is 0 Å². The van der Waals surface area contributed by atoms with Gasteiger partial charge in [-0.2, -0.15) is 0 Å². The Labute approximate surface area is 128 Å². The molecule has 2 aromatic rings. The van der Waals surface area contributed by atoms with E-state index < -0.39 is 0 Å². The van der Waals surface area contributed by atoms with Crippen LogP contribution in [-0.2, 0) is 6.42 Å². The fourth-order valence-electron chi connectivity index (χ4n) is 4.45. The molecule has 0 radical (unpaired) electrons. The van der Waals surface area contributed by atoms with Gasteiger partial charge in [-0.3, -0.25) is 0 Å². The number of fused-ring (bicyclic) bond motifs is 3. The topological polar surface area (TPSA) is 0 Å². The predicted octanol–water partition coefficient (Wildman–Crippen LogP) is 5.76. The first-order valence-electron chi connectivity index (χ1n) is 8.31. The fraction of sp³-hybridized carbons (Fsp3) is 0.429. The number of hydrogen-bond acceptors (Lipinski definition) is 0. The Morgan fingerprint density at radius 3 is 2.29 bits per heavy atom. The highest BCUT2D eigenvalue weighted by molar-refractivity contribution is 5.84. The van der Waals surface area contributed by atoms with Crippen molar-refractivity contribution in [3.63, 3.8) is 0 Å². The smallest absolute Gasteiger partial charge is 0.00103 e. The molecule has 0 bridgehead atoms. The van der Waals surface area contributed by atoms with Crippen LogP contribution in [0.1, 0.15) is 64.1 Å². The van der Waals surface area contributed by atoms with Crippen LogP contribution in [0.4, 0.5) is 0 Å². The van der Waals surface area contributed by atoms with Gasteiger partial charge in [0.2, 0.25) is 0 Å². The second-order valence-electron chi connectivity index (χ2n) is 7.06. The monoisotopic (exact) mass is 276 g/mol. The molecule has 0 spiro atoms. The highest BCUT2D eigenvalue weighted by Crippen LogP contribution is 2.49. The molecule has 4 rings (SSSR count). The lowest BCUT2D eigenvalue weighted by atomic mass is 9.73. The lowest BCUT2D eigenvalue weighted by molar-refractivity contribution is 0.416. The van der Waals surface area contributed by atoms with Crippen LogP contribution in [-0.4, -0.2) is 0 Å². The second kappa shape index (κ2) is 4.47. The average Bonchev–Trinajstić information content (AvgIpc) is 2.79. The first-order chi connectivity index (χ1) is 10.1. The van der Waals surface area contributed by atoms with Crippen LogP contribution in [0.3, 0.4) is 0 Å². The molecular weight excluding hydrogens is 252 g/mol. The molecule has 108 valence electrons. The van der Waals surface area contributed by atoms with E-state index in [2.05, 4.69) is 45.9 Å². The van der Waals surface area contributed by atoms with E-state index in [1.807, 2.05) is 0 Å². The highest BCUT2D eigenvalue weighted by Gasteiger charge is 2.32. The molecule has 21 heavy (non-hydrogen) atoms. The average molecular weight is 276 g/mol. The number of rotatable bonds is 1. The van der Waals surface area contributed by atoms with E-state index in [9.17, 15) is 0 Å². The van der Waals surface area contributed by atoms with Crippen LogP contribution in [0.15, 0.2) is 18.2 Å². The largest absolute Gasteiger partial charge is 0.0617 e. The molecule has 0 amide bonds. The number of benzene rings is 2. The Morgan fingerprint density at radius 2 is 1.62 bits per heavy atom. The molecule has 0 heteroatoms. The molecule has 2 aliphatic carbocycles. The molecule has 0 nitrogen and oxygen atoms in total. The minimum absolute atomic E-state index is 0.827. The normalized spacial score (nSPS) is 16.6. The molecule has 2 aromatic carbocycles. The summed E-state index contributed by atoms with van der Waals surface area (Å²) in [6.07, 6.45) is 5.36. The third kappa shape index (κ3) is 1.68. The molecule has 0 unspecified atom stereocenters. The molecule has 0 aromatic heterocycles.